The summed E-state index contributed by atoms with van der Waals surface area (Å²) >= 11 is 3.37. The Morgan fingerprint density at radius 2 is 1.94 bits per heavy atom. The number of ether oxygens (including phenoxy) is 2. The lowest BCUT2D eigenvalue weighted by Gasteiger charge is -2.09. The molecule has 0 N–H and O–H groups in total. The van der Waals surface area contributed by atoms with Gasteiger partial charge in [0.25, 0.3) is 5.88 Å². The average molecular weight is 294 g/mol. The summed E-state index contributed by atoms with van der Waals surface area (Å²) in [5.41, 5.74) is 0. The number of aromatic nitrogens is 1. The Labute approximate surface area is 109 Å². The Balaban J connectivity index is 2.20. The molecule has 17 heavy (non-hydrogen) atoms. The maximum atomic E-state index is 5.66. The number of rotatable bonds is 4. The van der Waals surface area contributed by atoms with Crippen molar-refractivity contribution in [2.75, 3.05) is 6.61 Å². The van der Waals surface area contributed by atoms with E-state index in [0.717, 1.165) is 10.2 Å². The third-order valence-corrected chi connectivity index (χ3v) is 2.59. The van der Waals surface area contributed by atoms with Gasteiger partial charge in [0.05, 0.1) is 6.61 Å². The first kappa shape index (κ1) is 11.9. The molecule has 0 spiro atoms. The highest BCUT2D eigenvalue weighted by Crippen LogP contribution is 2.29. The van der Waals surface area contributed by atoms with Gasteiger partial charge < -0.3 is 9.47 Å². The van der Waals surface area contributed by atoms with Crippen molar-refractivity contribution in [2.45, 2.75) is 6.92 Å². The SMILES string of the molecule is CCOc1cccnc1Oc1ccc(Br)cc1. The van der Waals surface area contributed by atoms with E-state index in [9.17, 15) is 0 Å². The first-order valence-electron chi connectivity index (χ1n) is 5.31. The minimum absolute atomic E-state index is 0.483. The van der Waals surface area contributed by atoms with Crippen LogP contribution in [0.1, 0.15) is 6.92 Å². The van der Waals surface area contributed by atoms with E-state index >= 15 is 0 Å². The van der Waals surface area contributed by atoms with Crippen molar-refractivity contribution >= 4 is 15.9 Å². The lowest BCUT2D eigenvalue weighted by atomic mass is 10.3. The molecule has 0 atom stereocenters. The molecule has 4 heteroatoms. The zero-order valence-corrected chi connectivity index (χ0v) is 11.0. The van der Waals surface area contributed by atoms with Crippen LogP contribution in [0.15, 0.2) is 47.1 Å². The van der Waals surface area contributed by atoms with Crippen LogP contribution in [0.3, 0.4) is 0 Å². The van der Waals surface area contributed by atoms with Crippen molar-refractivity contribution in [3.63, 3.8) is 0 Å². The fourth-order valence-corrected chi connectivity index (χ4v) is 1.60. The zero-order valence-electron chi connectivity index (χ0n) is 9.39. The van der Waals surface area contributed by atoms with Crippen molar-refractivity contribution < 1.29 is 9.47 Å². The van der Waals surface area contributed by atoms with E-state index in [4.69, 9.17) is 9.47 Å². The highest BCUT2D eigenvalue weighted by molar-refractivity contribution is 9.10. The summed E-state index contributed by atoms with van der Waals surface area (Å²) in [7, 11) is 0. The van der Waals surface area contributed by atoms with Crippen molar-refractivity contribution in [1.82, 2.24) is 4.98 Å². The molecule has 2 rings (SSSR count). The Morgan fingerprint density at radius 3 is 2.65 bits per heavy atom. The number of halogens is 1. The lowest BCUT2D eigenvalue weighted by molar-refractivity contribution is 0.316. The largest absolute Gasteiger partial charge is 0.488 e. The van der Waals surface area contributed by atoms with Gasteiger partial charge in [0.1, 0.15) is 5.75 Å². The molecule has 0 aliphatic heterocycles. The van der Waals surface area contributed by atoms with Crippen molar-refractivity contribution in [2.24, 2.45) is 0 Å². The molecule has 3 nitrogen and oxygen atoms in total. The normalized spacial score (nSPS) is 10.0. The molecule has 2 aromatic rings. The maximum absolute atomic E-state index is 5.66. The van der Waals surface area contributed by atoms with E-state index in [2.05, 4.69) is 20.9 Å². The zero-order chi connectivity index (χ0) is 12.1. The summed E-state index contributed by atoms with van der Waals surface area (Å²) in [6.45, 7) is 2.51. The third kappa shape index (κ3) is 3.20. The van der Waals surface area contributed by atoms with Crippen LogP contribution in [-0.4, -0.2) is 11.6 Å². The quantitative estimate of drug-likeness (QED) is 0.853. The van der Waals surface area contributed by atoms with Crippen LogP contribution in [0.4, 0.5) is 0 Å². The molecule has 1 aromatic carbocycles. The second kappa shape index (κ2) is 5.68. The summed E-state index contributed by atoms with van der Waals surface area (Å²) in [4.78, 5) is 4.16. The van der Waals surface area contributed by atoms with Crippen LogP contribution in [0.25, 0.3) is 0 Å². The van der Waals surface area contributed by atoms with E-state index in [1.165, 1.54) is 0 Å². The van der Waals surface area contributed by atoms with Gasteiger partial charge in [0.2, 0.25) is 0 Å². The van der Waals surface area contributed by atoms with E-state index in [-0.39, 0.29) is 0 Å². The number of hydrogen-bond acceptors (Lipinski definition) is 3. The second-order valence-corrected chi connectivity index (χ2v) is 4.21. The van der Waals surface area contributed by atoms with Gasteiger partial charge >= 0.3 is 0 Å². The first-order chi connectivity index (χ1) is 8.29. The molecule has 0 amide bonds. The third-order valence-electron chi connectivity index (χ3n) is 2.06. The monoisotopic (exact) mass is 293 g/mol. The van der Waals surface area contributed by atoms with Gasteiger partial charge in [-0.2, -0.15) is 0 Å². The van der Waals surface area contributed by atoms with Crippen molar-refractivity contribution in [3.05, 3.63) is 47.1 Å². The standard InChI is InChI=1S/C13H12BrNO2/c1-2-16-12-4-3-9-15-13(12)17-11-7-5-10(14)6-8-11/h3-9H,2H2,1H3. The molecule has 0 aliphatic rings. The van der Waals surface area contributed by atoms with Gasteiger partial charge in [-0.1, -0.05) is 15.9 Å². The molecule has 0 fully saturated rings. The Hall–Kier alpha value is -1.55. The average Bonchev–Trinajstić information content (AvgIpc) is 2.35. The van der Waals surface area contributed by atoms with Gasteiger partial charge in [-0.25, -0.2) is 4.98 Å². The van der Waals surface area contributed by atoms with Crippen LogP contribution >= 0.6 is 15.9 Å². The highest BCUT2D eigenvalue weighted by atomic mass is 79.9. The first-order valence-corrected chi connectivity index (χ1v) is 6.10. The Bertz CT molecular complexity index is 485. The molecule has 0 radical (unpaired) electrons. The molecule has 0 saturated carbocycles. The molecular weight excluding hydrogens is 282 g/mol. The van der Waals surface area contributed by atoms with Crippen LogP contribution < -0.4 is 9.47 Å². The fraction of sp³-hybridized carbons (Fsp3) is 0.154. The molecule has 1 heterocycles. The lowest BCUT2D eigenvalue weighted by Crippen LogP contribution is -1.96. The van der Waals surface area contributed by atoms with Gasteiger partial charge in [-0.15, -0.1) is 0 Å². The summed E-state index contributed by atoms with van der Waals surface area (Å²) < 4.78 is 12.1. The van der Waals surface area contributed by atoms with E-state index < -0.39 is 0 Å². The predicted molar refractivity (Wildman–Crippen MR) is 69.6 cm³/mol. The molecule has 0 aliphatic carbocycles. The Kier molecular flexibility index (Phi) is 3.98. The molecule has 88 valence electrons. The minimum Gasteiger partial charge on any atom is -0.488 e. The fourth-order valence-electron chi connectivity index (χ4n) is 1.33. The van der Waals surface area contributed by atoms with Crippen molar-refractivity contribution in [1.29, 1.82) is 0 Å². The summed E-state index contributed by atoms with van der Waals surface area (Å²) in [5, 5.41) is 0. The predicted octanol–water partition coefficient (Wildman–Crippen LogP) is 4.04. The van der Waals surface area contributed by atoms with Crippen molar-refractivity contribution in [3.8, 4) is 17.4 Å². The van der Waals surface area contributed by atoms with Crippen LogP contribution in [-0.2, 0) is 0 Å². The second-order valence-electron chi connectivity index (χ2n) is 3.30. The highest BCUT2D eigenvalue weighted by Gasteiger charge is 2.06. The number of benzene rings is 1. The number of nitrogens with zero attached hydrogens (tertiary/aromatic N) is 1. The van der Waals surface area contributed by atoms with E-state index in [1.54, 1.807) is 6.20 Å². The number of pyridine rings is 1. The van der Waals surface area contributed by atoms with E-state index in [1.807, 2.05) is 43.3 Å². The molecule has 0 bridgehead atoms. The van der Waals surface area contributed by atoms with Gasteiger partial charge in [0.15, 0.2) is 5.75 Å². The van der Waals surface area contributed by atoms with Gasteiger partial charge in [-0.3, -0.25) is 0 Å². The summed E-state index contributed by atoms with van der Waals surface area (Å²) in [6, 6.07) is 11.2. The van der Waals surface area contributed by atoms with E-state index in [0.29, 0.717) is 18.2 Å². The minimum atomic E-state index is 0.483. The van der Waals surface area contributed by atoms with Gasteiger partial charge in [0, 0.05) is 10.7 Å². The van der Waals surface area contributed by atoms with Gasteiger partial charge in [-0.05, 0) is 43.3 Å². The maximum Gasteiger partial charge on any atom is 0.262 e. The van der Waals surface area contributed by atoms with Crippen LogP contribution in [0.2, 0.25) is 0 Å². The smallest absolute Gasteiger partial charge is 0.262 e. The summed E-state index contributed by atoms with van der Waals surface area (Å²) in [6.07, 6.45) is 1.68. The molecule has 1 aromatic heterocycles. The number of hydrogen-bond donors (Lipinski definition) is 0. The molecule has 0 unspecified atom stereocenters. The Morgan fingerprint density at radius 1 is 1.18 bits per heavy atom. The van der Waals surface area contributed by atoms with Crippen LogP contribution in [0, 0.1) is 0 Å². The topological polar surface area (TPSA) is 31.4 Å². The molecule has 0 saturated heterocycles. The van der Waals surface area contributed by atoms with Crippen LogP contribution in [0.5, 0.6) is 17.4 Å². The molecular formula is C13H12BrNO2. The summed E-state index contributed by atoms with van der Waals surface area (Å²) in [5.74, 6) is 1.86.